The number of likely N-dealkylation sites (tertiary alicyclic amines) is 1. The highest BCUT2D eigenvalue weighted by atomic mass is 79.9. The average Bonchev–Trinajstić information content (AvgIpc) is 2.51. The van der Waals surface area contributed by atoms with Gasteiger partial charge in [-0.1, -0.05) is 30.3 Å². The molecule has 114 valence electrons. The Hall–Kier alpha value is -2.08. The topological polar surface area (TPSA) is 54.5 Å². The third kappa shape index (κ3) is 3.57. The molecule has 0 bridgehead atoms. The molecule has 1 saturated heterocycles. The molecule has 1 aliphatic rings. The highest BCUT2D eigenvalue weighted by molar-refractivity contribution is 9.10. The number of amides is 2. The number of carbonyl (C=O) groups is 1. The van der Waals surface area contributed by atoms with Gasteiger partial charge in [-0.25, -0.2) is 9.78 Å². The van der Waals surface area contributed by atoms with Crippen molar-refractivity contribution in [2.75, 3.05) is 13.1 Å². The van der Waals surface area contributed by atoms with Gasteiger partial charge in [-0.3, -0.25) is 0 Å². The van der Waals surface area contributed by atoms with Crippen LogP contribution in [0.2, 0.25) is 0 Å². The molecule has 0 atom stereocenters. The Bertz CT molecular complexity index is 645. The summed E-state index contributed by atoms with van der Waals surface area (Å²) >= 11 is 3.39. The van der Waals surface area contributed by atoms with E-state index in [1.807, 2.05) is 42.5 Å². The number of ether oxygens (including phenoxy) is 1. The van der Waals surface area contributed by atoms with Gasteiger partial charge in [0.05, 0.1) is 17.6 Å². The standard InChI is InChI=1S/C16H16BrN3O2/c17-14-7-4-8-18-15(14)22-13-10-20(11-13)16(21)19-9-12-5-2-1-3-6-12/h1-8,13H,9-11H2,(H,19,21). The molecule has 2 amide bonds. The summed E-state index contributed by atoms with van der Waals surface area (Å²) in [4.78, 5) is 17.9. The summed E-state index contributed by atoms with van der Waals surface area (Å²) in [5, 5.41) is 2.90. The van der Waals surface area contributed by atoms with E-state index in [1.165, 1.54) is 0 Å². The number of hydrogen-bond acceptors (Lipinski definition) is 3. The third-order valence-corrected chi connectivity index (χ3v) is 4.03. The fourth-order valence-corrected chi connectivity index (χ4v) is 2.53. The number of urea groups is 1. The molecule has 1 aliphatic heterocycles. The predicted octanol–water partition coefficient (Wildman–Crippen LogP) is 2.82. The van der Waals surface area contributed by atoms with Crippen LogP contribution in [0, 0.1) is 0 Å². The average molecular weight is 362 g/mol. The first-order valence-corrected chi connectivity index (χ1v) is 7.85. The second-order valence-electron chi connectivity index (χ2n) is 5.08. The molecule has 1 aromatic heterocycles. The van der Waals surface area contributed by atoms with E-state index in [1.54, 1.807) is 11.1 Å². The quantitative estimate of drug-likeness (QED) is 0.910. The van der Waals surface area contributed by atoms with Gasteiger partial charge in [0.1, 0.15) is 6.10 Å². The Kier molecular flexibility index (Phi) is 4.58. The van der Waals surface area contributed by atoms with Crippen LogP contribution < -0.4 is 10.1 Å². The summed E-state index contributed by atoms with van der Waals surface area (Å²) in [7, 11) is 0. The lowest BCUT2D eigenvalue weighted by atomic mass is 10.2. The van der Waals surface area contributed by atoms with E-state index in [0.29, 0.717) is 25.5 Å². The molecule has 22 heavy (non-hydrogen) atoms. The van der Waals surface area contributed by atoms with E-state index in [9.17, 15) is 4.79 Å². The Morgan fingerprint density at radius 3 is 2.77 bits per heavy atom. The number of hydrogen-bond donors (Lipinski definition) is 1. The van der Waals surface area contributed by atoms with Crippen LogP contribution in [0.4, 0.5) is 4.79 Å². The van der Waals surface area contributed by atoms with Gasteiger partial charge in [-0.05, 0) is 33.6 Å². The van der Waals surface area contributed by atoms with Crippen molar-refractivity contribution in [2.24, 2.45) is 0 Å². The van der Waals surface area contributed by atoms with Crippen molar-refractivity contribution in [1.82, 2.24) is 15.2 Å². The molecular formula is C16H16BrN3O2. The van der Waals surface area contributed by atoms with Crippen LogP contribution in [0.25, 0.3) is 0 Å². The van der Waals surface area contributed by atoms with Gasteiger partial charge in [0.25, 0.3) is 0 Å². The lowest BCUT2D eigenvalue weighted by molar-refractivity contribution is 0.0407. The molecule has 5 nitrogen and oxygen atoms in total. The SMILES string of the molecule is O=C(NCc1ccccc1)N1CC(Oc2ncccc2Br)C1. The maximum Gasteiger partial charge on any atom is 0.317 e. The normalized spacial score (nSPS) is 14.3. The zero-order valence-electron chi connectivity index (χ0n) is 11.9. The first-order valence-electron chi connectivity index (χ1n) is 7.06. The Morgan fingerprint density at radius 2 is 2.05 bits per heavy atom. The minimum atomic E-state index is -0.0659. The van der Waals surface area contributed by atoms with Gasteiger partial charge in [0, 0.05) is 12.7 Å². The van der Waals surface area contributed by atoms with Gasteiger partial charge >= 0.3 is 6.03 Å². The van der Waals surface area contributed by atoms with Crippen LogP contribution >= 0.6 is 15.9 Å². The number of carbonyl (C=O) groups excluding carboxylic acids is 1. The van der Waals surface area contributed by atoms with Gasteiger partial charge < -0.3 is 15.0 Å². The number of nitrogens with one attached hydrogen (secondary N) is 1. The minimum absolute atomic E-state index is 0.00586. The summed E-state index contributed by atoms with van der Waals surface area (Å²) in [5.74, 6) is 0.567. The number of benzene rings is 1. The summed E-state index contributed by atoms with van der Waals surface area (Å²) in [6.07, 6.45) is 1.68. The molecule has 0 radical (unpaired) electrons. The van der Waals surface area contributed by atoms with E-state index >= 15 is 0 Å². The molecule has 1 aromatic carbocycles. The lowest BCUT2D eigenvalue weighted by Gasteiger charge is -2.38. The maximum atomic E-state index is 12.0. The monoisotopic (exact) mass is 361 g/mol. The summed E-state index contributed by atoms with van der Waals surface area (Å²) < 4.78 is 6.57. The van der Waals surface area contributed by atoms with Crippen molar-refractivity contribution in [3.05, 3.63) is 58.7 Å². The molecule has 2 heterocycles. The Morgan fingerprint density at radius 1 is 1.27 bits per heavy atom. The molecule has 0 spiro atoms. The Labute approximate surface area is 137 Å². The van der Waals surface area contributed by atoms with Crippen LogP contribution in [0.5, 0.6) is 5.88 Å². The molecule has 6 heteroatoms. The summed E-state index contributed by atoms with van der Waals surface area (Å²) in [5.41, 5.74) is 1.08. The van der Waals surface area contributed by atoms with Crippen LogP contribution in [0.1, 0.15) is 5.56 Å². The summed E-state index contributed by atoms with van der Waals surface area (Å²) in [6.45, 7) is 1.68. The highest BCUT2D eigenvalue weighted by Gasteiger charge is 2.32. The van der Waals surface area contributed by atoms with E-state index in [-0.39, 0.29) is 12.1 Å². The Balaban J connectivity index is 1.43. The van der Waals surface area contributed by atoms with Gasteiger partial charge in [0.15, 0.2) is 0 Å². The number of nitrogens with zero attached hydrogens (tertiary/aromatic N) is 2. The maximum absolute atomic E-state index is 12.0. The fraction of sp³-hybridized carbons (Fsp3) is 0.250. The number of pyridine rings is 1. The zero-order chi connectivity index (χ0) is 15.4. The largest absolute Gasteiger partial charge is 0.470 e. The zero-order valence-corrected chi connectivity index (χ0v) is 13.5. The van der Waals surface area contributed by atoms with E-state index in [0.717, 1.165) is 10.0 Å². The molecule has 1 N–H and O–H groups in total. The van der Waals surface area contributed by atoms with Crippen molar-refractivity contribution in [1.29, 1.82) is 0 Å². The van der Waals surface area contributed by atoms with E-state index in [4.69, 9.17) is 4.74 Å². The number of halogens is 1. The van der Waals surface area contributed by atoms with Crippen LogP contribution in [0.3, 0.4) is 0 Å². The molecule has 0 saturated carbocycles. The van der Waals surface area contributed by atoms with Crippen molar-refractivity contribution in [3.63, 3.8) is 0 Å². The van der Waals surface area contributed by atoms with Crippen LogP contribution in [-0.2, 0) is 6.54 Å². The lowest BCUT2D eigenvalue weighted by Crippen LogP contribution is -2.58. The van der Waals surface area contributed by atoms with Crippen molar-refractivity contribution in [2.45, 2.75) is 12.6 Å². The van der Waals surface area contributed by atoms with Crippen molar-refractivity contribution in [3.8, 4) is 5.88 Å². The molecule has 3 rings (SSSR count). The predicted molar refractivity (Wildman–Crippen MR) is 86.6 cm³/mol. The second kappa shape index (κ2) is 6.79. The van der Waals surface area contributed by atoms with Gasteiger partial charge in [-0.15, -0.1) is 0 Å². The number of rotatable bonds is 4. The molecule has 0 aliphatic carbocycles. The minimum Gasteiger partial charge on any atom is -0.470 e. The first-order chi connectivity index (χ1) is 10.7. The van der Waals surface area contributed by atoms with Gasteiger partial charge in [0.2, 0.25) is 5.88 Å². The van der Waals surface area contributed by atoms with E-state index in [2.05, 4.69) is 26.2 Å². The van der Waals surface area contributed by atoms with Gasteiger partial charge in [-0.2, -0.15) is 0 Å². The number of aromatic nitrogens is 1. The highest BCUT2D eigenvalue weighted by Crippen LogP contribution is 2.24. The summed E-state index contributed by atoms with van der Waals surface area (Å²) in [6, 6.07) is 13.5. The van der Waals surface area contributed by atoms with E-state index < -0.39 is 0 Å². The molecule has 1 fully saturated rings. The molecule has 2 aromatic rings. The second-order valence-corrected chi connectivity index (χ2v) is 5.93. The first kappa shape index (κ1) is 14.8. The van der Waals surface area contributed by atoms with Crippen molar-refractivity contribution >= 4 is 22.0 Å². The van der Waals surface area contributed by atoms with Crippen LogP contribution in [0.15, 0.2) is 53.1 Å². The molecule has 0 unspecified atom stereocenters. The third-order valence-electron chi connectivity index (χ3n) is 3.42. The molecular weight excluding hydrogens is 346 g/mol. The smallest absolute Gasteiger partial charge is 0.317 e. The van der Waals surface area contributed by atoms with Crippen LogP contribution in [-0.4, -0.2) is 35.1 Å². The van der Waals surface area contributed by atoms with Crippen molar-refractivity contribution < 1.29 is 9.53 Å². The fourth-order valence-electron chi connectivity index (χ4n) is 2.18.